The molecule has 10 nitrogen and oxygen atoms in total. The fourth-order valence-corrected chi connectivity index (χ4v) is 3.50. The topological polar surface area (TPSA) is 148 Å². The summed E-state index contributed by atoms with van der Waals surface area (Å²) in [6, 6.07) is 10.2. The van der Waals surface area contributed by atoms with E-state index in [0.717, 1.165) is 24.3 Å². The molecular weight excluding hydrogens is 630 g/mol. The van der Waals surface area contributed by atoms with Crippen molar-refractivity contribution in [2.24, 2.45) is 0 Å². The van der Waals surface area contributed by atoms with Crippen LogP contribution in [0.25, 0.3) is 0 Å². The molecule has 2 amide bonds. The summed E-state index contributed by atoms with van der Waals surface area (Å²) in [6.07, 6.45) is -15.3. The molecule has 3 rings (SSSR count). The van der Waals surface area contributed by atoms with Crippen LogP contribution in [-0.2, 0) is 31.4 Å². The van der Waals surface area contributed by atoms with Crippen LogP contribution in [0.2, 0.25) is 5.02 Å². The molecule has 0 spiro atoms. The van der Waals surface area contributed by atoms with Crippen LogP contribution in [0.15, 0.2) is 72.8 Å². The average molecular weight is 647 g/mol. The summed E-state index contributed by atoms with van der Waals surface area (Å²) in [5.41, 5.74) is -0.720. The maximum absolute atomic E-state index is 13.1. The summed E-state index contributed by atoms with van der Waals surface area (Å²) in [4.78, 5) is 62.8. The van der Waals surface area contributed by atoms with E-state index in [-0.39, 0.29) is 10.6 Å². The number of rotatable bonds is 8. The lowest BCUT2D eigenvalue weighted by atomic mass is 10.1. The van der Waals surface area contributed by atoms with Crippen molar-refractivity contribution < 1.29 is 64.9 Å². The third-order valence-corrected chi connectivity index (χ3v) is 5.75. The number of carboxylic acid groups (broad SMARTS) is 1. The molecule has 0 radical (unpaired) electrons. The molecule has 0 aliphatic rings. The van der Waals surface area contributed by atoms with Crippen LogP contribution >= 0.6 is 11.6 Å². The molecule has 0 saturated heterocycles. The highest BCUT2D eigenvalue weighted by molar-refractivity contribution is 6.30. The van der Waals surface area contributed by atoms with E-state index in [2.05, 4.69) is 0 Å². The Morgan fingerprint density at radius 1 is 0.659 bits per heavy atom. The zero-order chi connectivity index (χ0) is 32.8. The highest BCUT2D eigenvalue weighted by Crippen LogP contribution is 2.31. The zero-order valence-corrected chi connectivity index (χ0v) is 22.3. The first-order valence-electron chi connectivity index (χ1n) is 11.8. The Morgan fingerprint density at radius 3 is 1.55 bits per heavy atom. The molecule has 0 aliphatic heterocycles. The molecule has 3 aromatic carbocycles. The molecule has 2 atom stereocenters. The van der Waals surface area contributed by atoms with Gasteiger partial charge in [-0.3, -0.25) is 20.4 Å². The van der Waals surface area contributed by atoms with Gasteiger partial charge in [-0.1, -0.05) is 23.7 Å². The van der Waals surface area contributed by atoms with E-state index >= 15 is 0 Å². The van der Waals surface area contributed by atoms with Gasteiger partial charge >= 0.3 is 30.3 Å². The second kappa shape index (κ2) is 13.5. The Hall–Kier alpha value is -5.12. The Balaban J connectivity index is 1.92. The number of benzene rings is 3. The SMILES string of the molecule is O=C(NNC(=O)[C@H](OC(=O)c1cccc(C(F)(F)F)c1)[C@H](OC(=O)c1cccc(C(F)(F)F)c1)C(=O)O)c1ccc(Cl)cc1. The maximum Gasteiger partial charge on any atom is 0.416 e. The predicted molar refractivity (Wildman–Crippen MR) is 136 cm³/mol. The van der Waals surface area contributed by atoms with Crippen LogP contribution in [0.3, 0.4) is 0 Å². The van der Waals surface area contributed by atoms with E-state index in [1.54, 1.807) is 5.43 Å². The molecule has 3 N–H and O–H groups in total. The number of amides is 2. The zero-order valence-electron chi connectivity index (χ0n) is 21.5. The van der Waals surface area contributed by atoms with E-state index in [4.69, 9.17) is 21.1 Å². The molecular formula is C27H17ClF6N2O8. The Bertz CT molecular complexity index is 1580. The minimum Gasteiger partial charge on any atom is -0.478 e. The van der Waals surface area contributed by atoms with Gasteiger partial charge in [0.25, 0.3) is 11.8 Å². The molecule has 44 heavy (non-hydrogen) atoms. The second-order valence-electron chi connectivity index (χ2n) is 8.60. The summed E-state index contributed by atoms with van der Waals surface area (Å²) < 4.78 is 88.2. The largest absolute Gasteiger partial charge is 0.478 e. The van der Waals surface area contributed by atoms with Crippen molar-refractivity contribution in [3.05, 3.63) is 106 Å². The summed E-state index contributed by atoms with van der Waals surface area (Å²) >= 11 is 5.74. The average Bonchev–Trinajstić information content (AvgIpc) is 2.96. The van der Waals surface area contributed by atoms with Crippen molar-refractivity contribution in [1.82, 2.24) is 10.9 Å². The summed E-state index contributed by atoms with van der Waals surface area (Å²) in [7, 11) is 0. The normalized spacial score (nSPS) is 12.8. The third kappa shape index (κ3) is 8.70. The number of carbonyl (C=O) groups is 5. The third-order valence-electron chi connectivity index (χ3n) is 5.50. The van der Waals surface area contributed by atoms with E-state index in [1.807, 2.05) is 5.43 Å². The molecule has 0 heterocycles. The number of halogens is 7. The Morgan fingerprint density at radius 2 is 1.11 bits per heavy atom. The van der Waals surface area contributed by atoms with E-state index < -0.39 is 76.5 Å². The van der Waals surface area contributed by atoms with Crippen molar-refractivity contribution in [2.45, 2.75) is 24.6 Å². The van der Waals surface area contributed by atoms with Gasteiger partial charge in [-0.2, -0.15) is 26.3 Å². The number of carboxylic acids is 1. The van der Waals surface area contributed by atoms with Gasteiger partial charge in [0, 0.05) is 10.6 Å². The predicted octanol–water partition coefficient (Wildman–Crippen LogP) is 4.67. The van der Waals surface area contributed by atoms with Crippen LogP contribution in [0.4, 0.5) is 26.3 Å². The fourth-order valence-electron chi connectivity index (χ4n) is 3.37. The maximum atomic E-state index is 13.1. The highest BCUT2D eigenvalue weighted by Gasteiger charge is 2.42. The number of nitrogens with one attached hydrogen (secondary N) is 2. The van der Waals surface area contributed by atoms with Crippen molar-refractivity contribution >= 4 is 41.3 Å². The molecule has 232 valence electrons. The van der Waals surface area contributed by atoms with Crippen LogP contribution < -0.4 is 10.9 Å². The summed E-state index contributed by atoms with van der Waals surface area (Å²) in [5.74, 6) is -8.21. The summed E-state index contributed by atoms with van der Waals surface area (Å²) in [5, 5.41) is 9.96. The number of carbonyl (C=O) groups excluding carboxylic acids is 4. The molecule has 0 fully saturated rings. The standard InChI is InChI=1S/C27H17ClF6N2O8/c28-18-9-7-13(8-10-18)21(37)35-36-22(38)19(43-24(41)14-3-1-5-16(11-14)26(29,30)31)20(23(39)40)44-25(42)15-4-2-6-17(12-15)27(32,33)34/h1-12,19-20H,(H,35,37)(H,36,38)(H,39,40)/t19-,20+/m1/s1. The fraction of sp³-hybridized carbons (Fsp3) is 0.148. The molecule has 0 bridgehead atoms. The number of hydrogen-bond donors (Lipinski definition) is 3. The van der Waals surface area contributed by atoms with Crippen LogP contribution in [0.5, 0.6) is 0 Å². The monoisotopic (exact) mass is 646 g/mol. The van der Waals surface area contributed by atoms with Crippen molar-refractivity contribution in [3.8, 4) is 0 Å². The van der Waals surface area contributed by atoms with Gasteiger partial charge in [0.15, 0.2) is 0 Å². The van der Waals surface area contributed by atoms with E-state index in [9.17, 15) is 55.4 Å². The lowest BCUT2D eigenvalue weighted by molar-refractivity contribution is -0.159. The number of ether oxygens (including phenoxy) is 2. The Kier molecular flexibility index (Phi) is 10.2. The second-order valence-corrected chi connectivity index (χ2v) is 9.03. The Labute approximate surface area is 247 Å². The van der Waals surface area contributed by atoms with E-state index in [1.165, 1.54) is 24.3 Å². The number of hydrogen-bond acceptors (Lipinski definition) is 7. The number of alkyl halides is 6. The van der Waals surface area contributed by atoms with E-state index in [0.29, 0.717) is 24.3 Å². The number of aliphatic carboxylic acids is 1. The molecule has 17 heteroatoms. The number of hydrazine groups is 1. The summed E-state index contributed by atoms with van der Waals surface area (Å²) in [6.45, 7) is 0. The van der Waals surface area contributed by atoms with Gasteiger partial charge in [-0.15, -0.1) is 0 Å². The van der Waals surface area contributed by atoms with Gasteiger partial charge < -0.3 is 14.6 Å². The quantitative estimate of drug-likeness (QED) is 0.182. The van der Waals surface area contributed by atoms with Gasteiger partial charge in [0.2, 0.25) is 12.2 Å². The highest BCUT2D eigenvalue weighted by atomic mass is 35.5. The van der Waals surface area contributed by atoms with Gasteiger partial charge in [-0.25, -0.2) is 14.4 Å². The smallest absolute Gasteiger partial charge is 0.416 e. The molecule has 0 unspecified atom stereocenters. The molecule has 3 aromatic rings. The van der Waals surface area contributed by atoms with Crippen molar-refractivity contribution in [3.63, 3.8) is 0 Å². The van der Waals surface area contributed by atoms with Gasteiger partial charge in [0.1, 0.15) is 0 Å². The van der Waals surface area contributed by atoms with Gasteiger partial charge in [0.05, 0.1) is 22.3 Å². The lowest BCUT2D eigenvalue weighted by Gasteiger charge is -2.24. The first kappa shape index (κ1) is 33.4. The molecule has 0 aromatic heterocycles. The number of esters is 2. The van der Waals surface area contributed by atoms with Crippen molar-refractivity contribution in [2.75, 3.05) is 0 Å². The van der Waals surface area contributed by atoms with Gasteiger partial charge in [-0.05, 0) is 60.7 Å². The first-order chi connectivity index (χ1) is 20.5. The minimum atomic E-state index is -4.91. The lowest BCUT2D eigenvalue weighted by Crippen LogP contribution is -2.54. The molecule has 0 saturated carbocycles. The van der Waals surface area contributed by atoms with Crippen LogP contribution in [-0.4, -0.2) is 47.0 Å². The molecule has 0 aliphatic carbocycles. The first-order valence-corrected chi connectivity index (χ1v) is 12.2. The minimum absolute atomic E-state index is 0.0713. The van der Waals surface area contributed by atoms with Crippen LogP contribution in [0, 0.1) is 0 Å². The van der Waals surface area contributed by atoms with Crippen LogP contribution in [0.1, 0.15) is 42.2 Å². The van der Waals surface area contributed by atoms with Crippen molar-refractivity contribution in [1.29, 1.82) is 0 Å².